The van der Waals surface area contributed by atoms with Gasteiger partial charge >= 0.3 is 5.97 Å². The fourth-order valence-electron chi connectivity index (χ4n) is 1.48. The Morgan fingerprint density at radius 1 is 1.11 bits per heavy atom. The highest BCUT2D eigenvalue weighted by Crippen LogP contribution is 2.02. The molecule has 6 nitrogen and oxygen atoms in total. The minimum atomic E-state index is -0.757. The summed E-state index contributed by atoms with van der Waals surface area (Å²) in [5.74, 6) is -0.937. The van der Waals surface area contributed by atoms with Gasteiger partial charge in [0.05, 0.1) is 5.56 Å². The standard InChI is InChI=1S/C12H17N3O3/c16-11(17)5-3-1-2-4-6-15-12(18)10-7-13-9-14-8-10/h7-9H,1-6H2,(H,15,18)(H,16,17). The Kier molecular flexibility index (Phi) is 6.38. The number of rotatable bonds is 8. The maximum absolute atomic E-state index is 11.6. The second kappa shape index (κ2) is 8.16. The van der Waals surface area contributed by atoms with E-state index in [1.165, 1.54) is 18.7 Å². The van der Waals surface area contributed by atoms with E-state index in [1.54, 1.807) is 0 Å². The molecule has 0 fully saturated rings. The van der Waals surface area contributed by atoms with Crippen LogP contribution in [0.1, 0.15) is 42.5 Å². The van der Waals surface area contributed by atoms with Gasteiger partial charge in [0.25, 0.3) is 5.91 Å². The molecule has 1 heterocycles. The van der Waals surface area contributed by atoms with Gasteiger partial charge in [-0.3, -0.25) is 9.59 Å². The van der Waals surface area contributed by atoms with Gasteiger partial charge in [0, 0.05) is 25.4 Å². The summed E-state index contributed by atoms with van der Waals surface area (Å²) in [5.41, 5.74) is 0.448. The second-order valence-electron chi connectivity index (χ2n) is 3.94. The third kappa shape index (κ3) is 5.93. The molecule has 1 aromatic heterocycles. The molecule has 1 rings (SSSR count). The molecule has 0 saturated carbocycles. The Morgan fingerprint density at radius 2 is 1.78 bits per heavy atom. The van der Waals surface area contributed by atoms with Crippen molar-refractivity contribution in [2.45, 2.75) is 32.1 Å². The molecule has 1 amide bonds. The lowest BCUT2D eigenvalue weighted by Gasteiger charge is -2.04. The quantitative estimate of drug-likeness (QED) is 0.678. The van der Waals surface area contributed by atoms with Gasteiger partial charge in [-0.1, -0.05) is 12.8 Å². The van der Waals surface area contributed by atoms with E-state index in [-0.39, 0.29) is 12.3 Å². The fraction of sp³-hybridized carbons (Fsp3) is 0.500. The summed E-state index contributed by atoms with van der Waals surface area (Å²) in [6, 6.07) is 0. The summed E-state index contributed by atoms with van der Waals surface area (Å²) >= 11 is 0. The van der Waals surface area contributed by atoms with E-state index in [4.69, 9.17) is 5.11 Å². The van der Waals surface area contributed by atoms with Gasteiger partial charge in [-0.05, 0) is 12.8 Å². The van der Waals surface area contributed by atoms with Crippen LogP contribution in [0.3, 0.4) is 0 Å². The molecule has 6 heteroatoms. The number of carbonyl (C=O) groups is 2. The smallest absolute Gasteiger partial charge is 0.303 e. The Hall–Kier alpha value is -1.98. The molecule has 98 valence electrons. The molecule has 0 aliphatic rings. The molecule has 0 atom stereocenters. The number of nitrogens with zero attached hydrogens (tertiary/aromatic N) is 2. The Morgan fingerprint density at radius 3 is 2.44 bits per heavy atom. The van der Waals surface area contributed by atoms with Crippen molar-refractivity contribution in [1.29, 1.82) is 0 Å². The number of carbonyl (C=O) groups excluding carboxylic acids is 1. The average molecular weight is 251 g/mol. The topological polar surface area (TPSA) is 92.2 Å². The lowest BCUT2D eigenvalue weighted by atomic mass is 10.1. The zero-order valence-electron chi connectivity index (χ0n) is 10.1. The van der Waals surface area contributed by atoms with Gasteiger partial charge in [0.2, 0.25) is 0 Å². The molecule has 1 aromatic rings. The van der Waals surface area contributed by atoms with Crippen molar-refractivity contribution in [3.8, 4) is 0 Å². The minimum absolute atomic E-state index is 0.180. The largest absolute Gasteiger partial charge is 0.481 e. The lowest BCUT2D eigenvalue weighted by molar-refractivity contribution is -0.137. The first-order valence-electron chi connectivity index (χ1n) is 5.95. The second-order valence-corrected chi connectivity index (χ2v) is 3.94. The number of nitrogens with one attached hydrogen (secondary N) is 1. The van der Waals surface area contributed by atoms with Crippen LogP contribution in [0.2, 0.25) is 0 Å². The SMILES string of the molecule is O=C(O)CCCCCCNC(=O)c1cncnc1. The average Bonchev–Trinajstić information content (AvgIpc) is 2.38. The molecule has 0 aromatic carbocycles. The van der Waals surface area contributed by atoms with E-state index in [0.29, 0.717) is 18.5 Å². The summed E-state index contributed by atoms with van der Waals surface area (Å²) in [5, 5.41) is 11.2. The van der Waals surface area contributed by atoms with Crippen molar-refractivity contribution < 1.29 is 14.7 Å². The number of amides is 1. The van der Waals surface area contributed by atoms with E-state index in [9.17, 15) is 9.59 Å². The number of hydrogen-bond acceptors (Lipinski definition) is 4. The highest BCUT2D eigenvalue weighted by atomic mass is 16.4. The Labute approximate surface area is 105 Å². The van der Waals surface area contributed by atoms with Crippen LogP contribution in [0, 0.1) is 0 Å². The van der Waals surface area contributed by atoms with Crippen molar-refractivity contribution in [1.82, 2.24) is 15.3 Å². The molecule has 0 spiro atoms. The van der Waals surface area contributed by atoms with Gasteiger partial charge in [-0.25, -0.2) is 9.97 Å². The van der Waals surface area contributed by atoms with Gasteiger partial charge < -0.3 is 10.4 Å². The molecule has 0 bridgehead atoms. The van der Waals surface area contributed by atoms with Crippen molar-refractivity contribution in [3.05, 3.63) is 24.3 Å². The van der Waals surface area contributed by atoms with Crippen LogP contribution in [0.4, 0.5) is 0 Å². The van der Waals surface area contributed by atoms with Crippen molar-refractivity contribution in [3.63, 3.8) is 0 Å². The minimum Gasteiger partial charge on any atom is -0.481 e. The van der Waals surface area contributed by atoms with Crippen molar-refractivity contribution in [2.75, 3.05) is 6.54 Å². The molecule has 0 aliphatic carbocycles. The zero-order valence-corrected chi connectivity index (χ0v) is 10.1. The van der Waals surface area contributed by atoms with E-state index < -0.39 is 5.97 Å². The molecule has 0 saturated heterocycles. The van der Waals surface area contributed by atoms with Crippen LogP contribution in [-0.4, -0.2) is 33.5 Å². The van der Waals surface area contributed by atoms with Crippen LogP contribution in [0.25, 0.3) is 0 Å². The van der Waals surface area contributed by atoms with Gasteiger partial charge in [0.15, 0.2) is 0 Å². The summed E-state index contributed by atoms with van der Waals surface area (Å²) in [7, 11) is 0. The molecule has 18 heavy (non-hydrogen) atoms. The third-order valence-electron chi connectivity index (χ3n) is 2.43. The Bertz CT molecular complexity index is 381. The summed E-state index contributed by atoms with van der Waals surface area (Å²) in [6.07, 6.45) is 7.85. The predicted molar refractivity (Wildman–Crippen MR) is 65.1 cm³/mol. The van der Waals surface area contributed by atoms with Crippen LogP contribution < -0.4 is 5.32 Å². The van der Waals surface area contributed by atoms with E-state index in [1.807, 2.05) is 0 Å². The van der Waals surface area contributed by atoms with Crippen LogP contribution in [0.15, 0.2) is 18.7 Å². The lowest BCUT2D eigenvalue weighted by Crippen LogP contribution is -2.24. The fourth-order valence-corrected chi connectivity index (χ4v) is 1.48. The van der Waals surface area contributed by atoms with E-state index >= 15 is 0 Å². The van der Waals surface area contributed by atoms with Crippen LogP contribution >= 0.6 is 0 Å². The number of carboxylic acid groups (broad SMARTS) is 1. The number of aromatic nitrogens is 2. The van der Waals surface area contributed by atoms with Crippen molar-refractivity contribution in [2.24, 2.45) is 0 Å². The van der Waals surface area contributed by atoms with Gasteiger partial charge in [0.1, 0.15) is 6.33 Å². The summed E-state index contributed by atoms with van der Waals surface area (Å²) in [6.45, 7) is 0.584. The molecule has 2 N–H and O–H groups in total. The normalized spacial score (nSPS) is 10.0. The first-order chi connectivity index (χ1) is 8.70. The van der Waals surface area contributed by atoms with Crippen LogP contribution in [0.5, 0.6) is 0 Å². The van der Waals surface area contributed by atoms with Gasteiger partial charge in [-0.15, -0.1) is 0 Å². The number of carboxylic acids is 1. The van der Waals surface area contributed by atoms with Crippen molar-refractivity contribution >= 4 is 11.9 Å². The number of aliphatic carboxylic acids is 1. The summed E-state index contributed by atoms with van der Waals surface area (Å²) < 4.78 is 0. The molecular formula is C12H17N3O3. The maximum atomic E-state index is 11.6. The highest BCUT2D eigenvalue weighted by Gasteiger charge is 2.04. The number of hydrogen-bond donors (Lipinski definition) is 2. The first kappa shape index (κ1) is 14.1. The zero-order chi connectivity index (χ0) is 13.2. The molecule has 0 radical (unpaired) electrons. The highest BCUT2D eigenvalue weighted by molar-refractivity contribution is 5.93. The molecule has 0 aliphatic heterocycles. The molecular weight excluding hydrogens is 234 g/mol. The third-order valence-corrected chi connectivity index (χ3v) is 2.43. The predicted octanol–water partition coefficient (Wildman–Crippen LogP) is 1.24. The van der Waals surface area contributed by atoms with Gasteiger partial charge in [-0.2, -0.15) is 0 Å². The molecule has 0 unspecified atom stereocenters. The van der Waals surface area contributed by atoms with E-state index in [2.05, 4.69) is 15.3 Å². The maximum Gasteiger partial charge on any atom is 0.303 e. The summed E-state index contributed by atoms with van der Waals surface area (Å²) in [4.78, 5) is 29.3. The van der Waals surface area contributed by atoms with Crippen LogP contribution in [-0.2, 0) is 4.79 Å². The Balaban J connectivity index is 2.05. The van der Waals surface area contributed by atoms with E-state index in [0.717, 1.165) is 19.3 Å². The monoisotopic (exact) mass is 251 g/mol. The first-order valence-corrected chi connectivity index (χ1v) is 5.95. The number of unbranched alkanes of at least 4 members (excludes halogenated alkanes) is 3.